The zero-order valence-electron chi connectivity index (χ0n) is 13.6. The summed E-state index contributed by atoms with van der Waals surface area (Å²) in [6.07, 6.45) is 5.51. The average molecular weight is 341 g/mol. The van der Waals surface area contributed by atoms with Crippen molar-refractivity contribution in [3.8, 4) is 5.69 Å². The van der Waals surface area contributed by atoms with E-state index in [0.717, 1.165) is 54.0 Å². The third-order valence-corrected chi connectivity index (χ3v) is 5.52. The first-order valence-corrected chi connectivity index (χ1v) is 9.13. The zero-order valence-corrected chi connectivity index (χ0v) is 14.4. The highest BCUT2D eigenvalue weighted by Crippen LogP contribution is 2.24. The number of benzene rings is 1. The summed E-state index contributed by atoms with van der Waals surface area (Å²) >= 11 is 1.51. The van der Waals surface area contributed by atoms with Crippen LogP contribution in [0.2, 0.25) is 0 Å². The lowest BCUT2D eigenvalue weighted by Gasteiger charge is -2.11. The minimum atomic E-state index is -0.153. The molecule has 0 N–H and O–H groups in total. The van der Waals surface area contributed by atoms with Crippen LogP contribution in [-0.2, 0) is 6.42 Å². The monoisotopic (exact) mass is 341 g/mol. The predicted molar refractivity (Wildman–Crippen MR) is 92.8 cm³/mol. The zero-order chi connectivity index (χ0) is 16.7. The van der Waals surface area contributed by atoms with E-state index in [1.807, 2.05) is 35.9 Å². The number of nitrogens with zero attached hydrogens (tertiary/aromatic N) is 3. The summed E-state index contributed by atoms with van der Waals surface area (Å²) in [6.45, 7) is 3.61. The summed E-state index contributed by atoms with van der Waals surface area (Å²) in [7, 11) is 0. The summed E-state index contributed by atoms with van der Waals surface area (Å²) in [5, 5.41) is 0. The van der Waals surface area contributed by atoms with Gasteiger partial charge in [0.1, 0.15) is 0 Å². The number of ketones is 1. The van der Waals surface area contributed by atoms with E-state index in [1.165, 1.54) is 11.3 Å². The molecule has 1 aliphatic carbocycles. The maximum atomic E-state index is 12.3. The molecule has 2 aromatic rings. The van der Waals surface area contributed by atoms with E-state index in [9.17, 15) is 9.59 Å². The fraction of sp³-hybridized carbons (Fsp3) is 0.389. The molecule has 5 nitrogen and oxygen atoms in total. The topological polar surface area (TPSA) is 54.7 Å². The Hall–Kier alpha value is -2.21. The van der Waals surface area contributed by atoms with Gasteiger partial charge in [-0.25, -0.2) is 4.79 Å². The third-order valence-electron chi connectivity index (χ3n) is 4.63. The quantitative estimate of drug-likeness (QED) is 0.800. The van der Waals surface area contributed by atoms with Crippen LogP contribution in [0.25, 0.3) is 5.69 Å². The maximum Gasteiger partial charge on any atom is 0.346 e. The molecule has 124 valence electrons. The Morgan fingerprint density at radius 2 is 2.00 bits per heavy atom. The van der Waals surface area contributed by atoms with Crippen LogP contribution in [0.5, 0.6) is 0 Å². The highest BCUT2D eigenvalue weighted by Gasteiger charge is 2.20. The summed E-state index contributed by atoms with van der Waals surface area (Å²) in [6, 6.07) is 5.73. The second kappa shape index (κ2) is 6.02. The van der Waals surface area contributed by atoms with E-state index in [4.69, 9.17) is 0 Å². The third kappa shape index (κ3) is 2.71. The molecule has 0 saturated carbocycles. The number of amides is 2. The van der Waals surface area contributed by atoms with Crippen molar-refractivity contribution in [2.75, 3.05) is 13.1 Å². The second-order valence-corrected chi connectivity index (χ2v) is 7.56. The number of hydrogen-bond acceptors (Lipinski definition) is 3. The minimum absolute atomic E-state index is 0.153. The number of likely N-dealkylation sites (tertiary alicyclic amines) is 1. The molecule has 0 atom stereocenters. The van der Waals surface area contributed by atoms with Gasteiger partial charge in [0.15, 0.2) is 10.6 Å². The largest absolute Gasteiger partial charge is 0.346 e. The van der Waals surface area contributed by atoms with Crippen LogP contribution >= 0.6 is 11.3 Å². The molecule has 2 heterocycles. The first kappa shape index (κ1) is 15.3. The number of hydrogen-bond donors (Lipinski definition) is 0. The fourth-order valence-corrected chi connectivity index (χ4v) is 4.20. The Balaban J connectivity index is 1.74. The van der Waals surface area contributed by atoms with Gasteiger partial charge in [-0.3, -0.25) is 9.36 Å². The van der Waals surface area contributed by atoms with E-state index in [-0.39, 0.29) is 11.8 Å². The molecule has 2 amide bonds. The second-order valence-electron chi connectivity index (χ2n) is 6.35. The van der Waals surface area contributed by atoms with Crippen LogP contribution in [0.15, 0.2) is 29.4 Å². The number of carbonyl (C=O) groups is 2. The molecule has 2 aliphatic rings. The van der Waals surface area contributed by atoms with Crippen LogP contribution in [0.1, 0.15) is 40.1 Å². The molecule has 24 heavy (non-hydrogen) atoms. The number of aromatic nitrogens is 1. The molecule has 4 rings (SSSR count). The van der Waals surface area contributed by atoms with E-state index in [0.29, 0.717) is 11.2 Å². The van der Waals surface area contributed by atoms with Crippen molar-refractivity contribution < 1.29 is 9.59 Å². The van der Waals surface area contributed by atoms with E-state index < -0.39 is 0 Å². The fourth-order valence-electron chi connectivity index (χ4n) is 3.37. The molecule has 1 fully saturated rings. The first-order valence-electron chi connectivity index (χ1n) is 8.31. The van der Waals surface area contributed by atoms with Crippen LogP contribution in [0.3, 0.4) is 0 Å². The van der Waals surface area contributed by atoms with Gasteiger partial charge in [-0.05, 0) is 49.9 Å². The van der Waals surface area contributed by atoms with E-state index in [1.54, 1.807) is 4.90 Å². The lowest BCUT2D eigenvalue weighted by atomic mass is 10.1. The van der Waals surface area contributed by atoms with Gasteiger partial charge in [0.2, 0.25) is 0 Å². The lowest BCUT2D eigenvalue weighted by molar-refractivity contribution is 0.0994. The lowest BCUT2D eigenvalue weighted by Crippen LogP contribution is -2.27. The summed E-state index contributed by atoms with van der Waals surface area (Å²) < 4.78 is 1.96. The SMILES string of the molecule is Cc1cn(-c2ccc3c(c2)CCC3=O)c(=NC(=O)N2CCCC2)s1. The molecule has 0 radical (unpaired) electrons. The Kier molecular flexibility index (Phi) is 3.84. The van der Waals surface area contributed by atoms with Crippen molar-refractivity contribution in [1.29, 1.82) is 0 Å². The minimum Gasteiger partial charge on any atom is -0.323 e. The highest BCUT2D eigenvalue weighted by atomic mass is 32.1. The summed E-state index contributed by atoms with van der Waals surface area (Å²) in [4.78, 5) is 32.1. The summed E-state index contributed by atoms with van der Waals surface area (Å²) in [5.41, 5.74) is 2.88. The van der Waals surface area contributed by atoms with Gasteiger partial charge in [0.25, 0.3) is 0 Å². The molecular formula is C18H19N3O2S. The molecule has 1 aromatic carbocycles. The molecule has 0 spiro atoms. The standard InChI is InChI=1S/C18H19N3O2S/c1-12-11-21(14-5-6-15-13(10-14)4-7-16(15)22)18(24-12)19-17(23)20-8-2-3-9-20/h5-6,10-11H,2-4,7-9H2,1H3. The van der Waals surface area contributed by atoms with Crippen LogP contribution < -0.4 is 4.80 Å². The molecule has 6 heteroatoms. The van der Waals surface area contributed by atoms with Gasteiger partial charge in [-0.15, -0.1) is 11.3 Å². The van der Waals surface area contributed by atoms with Gasteiger partial charge in [0.05, 0.1) is 0 Å². The number of thiazole rings is 1. The number of rotatable bonds is 1. The van der Waals surface area contributed by atoms with Crippen molar-refractivity contribution in [2.45, 2.75) is 32.6 Å². The smallest absolute Gasteiger partial charge is 0.323 e. The van der Waals surface area contributed by atoms with Crippen LogP contribution in [-0.4, -0.2) is 34.4 Å². The summed E-state index contributed by atoms with van der Waals surface area (Å²) in [5.74, 6) is 0.220. The molecule has 1 saturated heterocycles. The van der Waals surface area contributed by atoms with Crippen molar-refractivity contribution in [1.82, 2.24) is 9.47 Å². The number of urea groups is 1. The number of carbonyl (C=O) groups excluding carboxylic acids is 2. The maximum absolute atomic E-state index is 12.3. The Morgan fingerprint density at radius 1 is 1.21 bits per heavy atom. The van der Waals surface area contributed by atoms with Gasteiger partial charge in [-0.1, -0.05) is 0 Å². The molecule has 0 unspecified atom stereocenters. The van der Waals surface area contributed by atoms with E-state index >= 15 is 0 Å². The van der Waals surface area contributed by atoms with Gasteiger partial charge >= 0.3 is 6.03 Å². The Labute approximate surface area is 144 Å². The molecule has 1 aromatic heterocycles. The predicted octanol–water partition coefficient (Wildman–Crippen LogP) is 3.09. The van der Waals surface area contributed by atoms with Crippen molar-refractivity contribution in [3.05, 3.63) is 45.2 Å². The number of aryl methyl sites for hydroxylation is 2. The van der Waals surface area contributed by atoms with Crippen molar-refractivity contribution >= 4 is 23.2 Å². The van der Waals surface area contributed by atoms with Crippen LogP contribution in [0, 0.1) is 6.92 Å². The number of Topliss-reactive ketones (excluding diaryl/α,β-unsaturated/α-hetero) is 1. The van der Waals surface area contributed by atoms with Crippen LogP contribution in [0.4, 0.5) is 4.79 Å². The van der Waals surface area contributed by atoms with Gasteiger partial charge < -0.3 is 4.90 Å². The normalized spacial score (nSPS) is 17.6. The van der Waals surface area contributed by atoms with E-state index in [2.05, 4.69) is 4.99 Å². The highest BCUT2D eigenvalue weighted by molar-refractivity contribution is 7.09. The van der Waals surface area contributed by atoms with Crippen molar-refractivity contribution in [3.63, 3.8) is 0 Å². The van der Waals surface area contributed by atoms with Gasteiger partial charge in [-0.2, -0.15) is 4.99 Å². The number of fused-ring (bicyclic) bond motifs is 1. The first-order chi connectivity index (χ1) is 11.6. The van der Waals surface area contributed by atoms with Gasteiger partial charge in [0, 0.05) is 41.8 Å². The van der Waals surface area contributed by atoms with Crippen molar-refractivity contribution in [2.24, 2.45) is 4.99 Å². The molecular weight excluding hydrogens is 322 g/mol. The molecule has 1 aliphatic heterocycles. The Bertz CT molecular complexity index is 888. The molecule has 0 bridgehead atoms. The average Bonchev–Trinajstić information content (AvgIpc) is 3.28. The Morgan fingerprint density at radius 3 is 2.79 bits per heavy atom.